The zero-order valence-electron chi connectivity index (χ0n) is 25.1. The Balaban J connectivity index is 1.25. The van der Waals surface area contributed by atoms with Gasteiger partial charge in [-0.05, 0) is 58.2 Å². The van der Waals surface area contributed by atoms with Crippen molar-refractivity contribution < 1.29 is 18.8 Å². The third kappa shape index (κ3) is 6.70. The minimum absolute atomic E-state index is 0.212. The number of thiazole rings is 1. The molecule has 0 radical (unpaired) electrons. The van der Waals surface area contributed by atoms with E-state index in [2.05, 4.69) is 25.8 Å². The maximum absolute atomic E-state index is 13.0. The lowest BCUT2D eigenvalue weighted by Crippen LogP contribution is -2.41. The number of aryl methyl sites for hydroxylation is 1. The smallest absolute Gasteiger partial charge is 0.410 e. The molecular formula is C30H37N7O4S. The lowest BCUT2D eigenvalue weighted by atomic mass is 9.93. The fraction of sp³-hybridized carbons (Fsp3) is 0.467. The first-order valence-electron chi connectivity index (χ1n) is 14.0. The van der Waals surface area contributed by atoms with E-state index in [0.717, 1.165) is 34.0 Å². The molecular weight excluding hydrogens is 554 g/mol. The standard InChI is InChI=1S/C30H37N7O4S/c1-18-8-9-20(26(38)32-25-15-24(41-34-25)29(2,3)4)14-22(18)37-17-21(33-35-37)23-16-31-27(42-23)19-10-12-36(13-11-19)28(39)40-30(5,6)7/h8-9,14-17,19H,10-13H2,1-7H3,(H,32,34,38). The third-order valence-electron chi connectivity index (χ3n) is 6.97. The molecule has 0 saturated carbocycles. The van der Waals surface area contributed by atoms with Crippen LogP contribution in [-0.2, 0) is 10.2 Å². The summed E-state index contributed by atoms with van der Waals surface area (Å²) in [5.41, 5.74) is 2.14. The molecule has 0 unspecified atom stereocenters. The number of hydrogen-bond donors (Lipinski definition) is 1. The number of hydrogen-bond acceptors (Lipinski definition) is 9. The highest BCUT2D eigenvalue weighted by molar-refractivity contribution is 7.15. The van der Waals surface area contributed by atoms with Gasteiger partial charge >= 0.3 is 6.09 Å². The molecule has 5 rings (SSSR count). The minimum Gasteiger partial charge on any atom is -0.444 e. The average molecular weight is 592 g/mol. The summed E-state index contributed by atoms with van der Waals surface area (Å²) in [7, 11) is 0. The van der Waals surface area contributed by atoms with Crippen molar-refractivity contribution in [2.24, 2.45) is 0 Å². The van der Waals surface area contributed by atoms with Crippen LogP contribution in [-0.4, -0.2) is 60.7 Å². The minimum atomic E-state index is -0.504. The van der Waals surface area contributed by atoms with Crippen LogP contribution in [0.25, 0.3) is 16.3 Å². The lowest BCUT2D eigenvalue weighted by molar-refractivity contribution is 0.0204. The number of carbonyl (C=O) groups excluding carboxylic acids is 2. The van der Waals surface area contributed by atoms with Gasteiger partial charge in [0.05, 0.1) is 21.8 Å². The van der Waals surface area contributed by atoms with Crippen LogP contribution in [0, 0.1) is 6.92 Å². The van der Waals surface area contributed by atoms with Gasteiger partial charge in [0.1, 0.15) is 17.1 Å². The first-order chi connectivity index (χ1) is 19.8. The summed E-state index contributed by atoms with van der Waals surface area (Å²) in [5, 5.41) is 16.6. The molecule has 0 bridgehead atoms. The molecule has 2 amide bonds. The number of ether oxygens (including phenoxy) is 1. The Kier molecular flexibility index (Phi) is 7.93. The van der Waals surface area contributed by atoms with E-state index in [1.165, 1.54) is 0 Å². The molecule has 0 aliphatic carbocycles. The van der Waals surface area contributed by atoms with E-state index in [1.54, 1.807) is 39.1 Å². The average Bonchev–Trinajstić information content (AvgIpc) is 3.68. The van der Waals surface area contributed by atoms with E-state index in [-0.39, 0.29) is 23.3 Å². The Morgan fingerprint density at radius 3 is 2.50 bits per heavy atom. The maximum atomic E-state index is 13.0. The molecule has 3 aromatic heterocycles. The van der Waals surface area contributed by atoms with Gasteiger partial charge in [0, 0.05) is 42.2 Å². The van der Waals surface area contributed by atoms with Gasteiger partial charge in [0.2, 0.25) is 0 Å². The molecule has 1 aromatic carbocycles. The Bertz CT molecular complexity index is 1580. The van der Waals surface area contributed by atoms with Crippen LogP contribution in [0.5, 0.6) is 0 Å². The highest BCUT2D eigenvalue weighted by Crippen LogP contribution is 2.35. The molecule has 42 heavy (non-hydrogen) atoms. The van der Waals surface area contributed by atoms with Crippen molar-refractivity contribution in [3.8, 4) is 16.3 Å². The van der Waals surface area contributed by atoms with Gasteiger partial charge < -0.3 is 19.5 Å². The first-order valence-corrected chi connectivity index (χ1v) is 14.8. The highest BCUT2D eigenvalue weighted by atomic mass is 32.1. The van der Waals surface area contributed by atoms with Gasteiger partial charge in [-0.1, -0.05) is 37.2 Å². The molecule has 1 N–H and O–H groups in total. The summed E-state index contributed by atoms with van der Waals surface area (Å²) in [5.74, 6) is 1.04. The number of piperidine rings is 1. The molecule has 4 aromatic rings. The van der Waals surface area contributed by atoms with E-state index in [0.29, 0.717) is 35.9 Å². The number of nitrogens with one attached hydrogen (secondary N) is 1. The zero-order valence-corrected chi connectivity index (χ0v) is 25.9. The Morgan fingerprint density at radius 2 is 1.83 bits per heavy atom. The van der Waals surface area contributed by atoms with Gasteiger partial charge in [0.15, 0.2) is 5.82 Å². The SMILES string of the molecule is Cc1ccc(C(=O)Nc2cc(C(C)(C)C)on2)cc1-n1cc(-c2cnc(C3CCN(C(=O)OC(C)(C)C)CC3)s2)nn1. The highest BCUT2D eigenvalue weighted by Gasteiger charge is 2.29. The fourth-order valence-corrected chi connectivity index (χ4v) is 5.63. The van der Waals surface area contributed by atoms with Gasteiger partial charge in [-0.2, -0.15) is 0 Å². The van der Waals surface area contributed by atoms with Crippen molar-refractivity contribution in [1.29, 1.82) is 0 Å². The number of aromatic nitrogens is 5. The van der Waals surface area contributed by atoms with E-state index in [4.69, 9.17) is 9.26 Å². The fourth-order valence-electron chi connectivity index (χ4n) is 4.60. The van der Waals surface area contributed by atoms with Crippen LogP contribution in [0.3, 0.4) is 0 Å². The quantitative estimate of drug-likeness (QED) is 0.284. The number of carbonyl (C=O) groups is 2. The van der Waals surface area contributed by atoms with Crippen LogP contribution in [0.1, 0.15) is 87.0 Å². The van der Waals surface area contributed by atoms with Crippen LogP contribution in [0.15, 0.2) is 41.2 Å². The van der Waals surface area contributed by atoms with Crippen molar-refractivity contribution in [3.63, 3.8) is 0 Å². The van der Waals surface area contributed by atoms with E-state index in [1.807, 2.05) is 66.9 Å². The Morgan fingerprint density at radius 1 is 1.10 bits per heavy atom. The predicted molar refractivity (Wildman–Crippen MR) is 160 cm³/mol. The maximum Gasteiger partial charge on any atom is 0.410 e. The number of likely N-dealkylation sites (tertiary alicyclic amines) is 1. The van der Waals surface area contributed by atoms with E-state index in [9.17, 15) is 9.59 Å². The normalized spacial score (nSPS) is 14.7. The second-order valence-electron chi connectivity index (χ2n) is 12.6. The number of benzene rings is 1. The van der Waals surface area contributed by atoms with Gasteiger partial charge in [-0.3, -0.25) is 4.79 Å². The van der Waals surface area contributed by atoms with Gasteiger partial charge in [-0.25, -0.2) is 14.5 Å². The van der Waals surface area contributed by atoms with Crippen molar-refractivity contribution in [1.82, 2.24) is 30.0 Å². The van der Waals surface area contributed by atoms with Crippen LogP contribution >= 0.6 is 11.3 Å². The van der Waals surface area contributed by atoms with Crippen molar-refractivity contribution in [2.75, 3.05) is 18.4 Å². The summed E-state index contributed by atoms with van der Waals surface area (Å²) in [6, 6.07) is 7.17. The number of anilines is 1. The molecule has 1 aliphatic heterocycles. The van der Waals surface area contributed by atoms with Crippen molar-refractivity contribution in [2.45, 2.75) is 78.2 Å². The molecule has 0 atom stereocenters. The molecule has 11 nitrogen and oxygen atoms in total. The van der Waals surface area contributed by atoms with E-state index < -0.39 is 5.60 Å². The van der Waals surface area contributed by atoms with Crippen LogP contribution < -0.4 is 5.32 Å². The first kappa shape index (κ1) is 29.4. The van der Waals surface area contributed by atoms with Crippen LogP contribution in [0.2, 0.25) is 0 Å². The Hall–Kier alpha value is -4.06. The molecule has 1 saturated heterocycles. The second-order valence-corrected chi connectivity index (χ2v) is 13.7. The topological polar surface area (TPSA) is 128 Å². The molecule has 12 heteroatoms. The third-order valence-corrected chi connectivity index (χ3v) is 8.16. The number of amides is 2. The monoisotopic (exact) mass is 591 g/mol. The number of nitrogens with zero attached hydrogens (tertiary/aromatic N) is 6. The summed E-state index contributed by atoms with van der Waals surface area (Å²) in [4.78, 5) is 32.8. The Labute approximate surface area is 249 Å². The van der Waals surface area contributed by atoms with E-state index >= 15 is 0 Å². The van der Waals surface area contributed by atoms with Crippen LogP contribution in [0.4, 0.5) is 10.6 Å². The molecule has 4 heterocycles. The molecule has 1 aliphatic rings. The van der Waals surface area contributed by atoms with Crippen molar-refractivity contribution >= 4 is 29.2 Å². The summed E-state index contributed by atoms with van der Waals surface area (Å²) >= 11 is 1.60. The summed E-state index contributed by atoms with van der Waals surface area (Å²) in [6.07, 6.45) is 5.08. The van der Waals surface area contributed by atoms with Crippen molar-refractivity contribution in [3.05, 3.63) is 58.6 Å². The van der Waals surface area contributed by atoms with Gasteiger partial charge in [0.25, 0.3) is 5.91 Å². The lowest BCUT2D eigenvalue weighted by Gasteiger charge is -2.32. The summed E-state index contributed by atoms with van der Waals surface area (Å²) < 4.78 is 12.6. The largest absolute Gasteiger partial charge is 0.444 e. The molecule has 1 fully saturated rings. The van der Waals surface area contributed by atoms with Gasteiger partial charge in [-0.15, -0.1) is 16.4 Å². The second kappa shape index (κ2) is 11.3. The predicted octanol–water partition coefficient (Wildman–Crippen LogP) is 6.35. The molecule has 222 valence electrons. The zero-order chi connectivity index (χ0) is 30.2. The summed E-state index contributed by atoms with van der Waals surface area (Å²) in [6.45, 7) is 14.9. The number of rotatable bonds is 5. The molecule has 0 spiro atoms.